The number of aryl methyl sites for hydroxylation is 1. The van der Waals surface area contributed by atoms with Crippen molar-refractivity contribution in [3.05, 3.63) is 36.4 Å². The average molecular weight is 317 g/mol. The fourth-order valence-corrected chi connectivity index (χ4v) is 3.24. The molecule has 0 spiro atoms. The minimum absolute atomic E-state index is 0.0899. The Morgan fingerprint density at radius 1 is 1.30 bits per heavy atom. The zero-order valence-electron chi connectivity index (χ0n) is 14.2. The predicted molar refractivity (Wildman–Crippen MR) is 89.2 cm³/mol. The zero-order chi connectivity index (χ0) is 16.2. The molecule has 0 aromatic carbocycles. The van der Waals surface area contributed by atoms with E-state index in [0.717, 1.165) is 26.0 Å². The van der Waals surface area contributed by atoms with Crippen LogP contribution < -0.4 is 5.32 Å². The third-order valence-corrected chi connectivity index (χ3v) is 4.42. The Labute approximate surface area is 137 Å². The number of nitrogens with one attached hydrogen (secondary N) is 1. The van der Waals surface area contributed by atoms with Gasteiger partial charge in [0, 0.05) is 49.9 Å². The van der Waals surface area contributed by atoms with Crippen molar-refractivity contribution in [2.24, 2.45) is 0 Å². The first-order valence-corrected chi connectivity index (χ1v) is 8.53. The fraction of sp³-hybridized carbons (Fsp3) is 0.647. The van der Waals surface area contributed by atoms with Gasteiger partial charge in [0.25, 0.3) is 0 Å². The number of aromatic nitrogens is 4. The Bertz CT molecular complexity index is 592. The monoisotopic (exact) mass is 317 g/mol. The van der Waals surface area contributed by atoms with Crippen LogP contribution in [-0.2, 0) is 11.3 Å². The van der Waals surface area contributed by atoms with Crippen LogP contribution in [0, 0.1) is 0 Å². The molecule has 6 heteroatoms. The number of hydrogen-bond acceptors (Lipinski definition) is 4. The van der Waals surface area contributed by atoms with Gasteiger partial charge in [-0.2, -0.15) is 10.2 Å². The van der Waals surface area contributed by atoms with E-state index >= 15 is 0 Å². The van der Waals surface area contributed by atoms with Crippen molar-refractivity contribution in [1.29, 1.82) is 0 Å². The molecule has 126 valence electrons. The topological polar surface area (TPSA) is 56.9 Å². The number of hydrogen-bond donors (Lipinski definition) is 1. The molecule has 0 unspecified atom stereocenters. The Morgan fingerprint density at radius 2 is 2.17 bits per heavy atom. The van der Waals surface area contributed by atoms with Crippen LogP contribution in [0.5, 0.6) is 0 Å². The van der Waals surface area contributed by atoms with E-state index in [1.54, 1.807) is 0 Å². The Hall–Kier alpha value is -1.66. The normalized spacial score (nSPS) is 22.8. The van der Waals surface area contributed by atoms with E-state index in [4.69, 9.17) is 4.74 Å². The van der Waals surface area contributed by atoms with Crippen LogP contribution >= 0.6 is 0 Å². The lowest BCUT2D eigenvalue weighted by Gasteiger charge is -2.25. The Kier molecular flexibility index (Phi) is 5.13. The van der Waals surface area contributed by atoms with Gasteiger partial charge >= 0.3 is 0 Å². The molecular formula is C17H27N5O. The van der Waals surface area contributed by atoms with E-state index in [1.807, 2.05) is 29.3 Å². The van der Waals surface area contributed by atoms with Crippen molar-refractivity contribution in [1.82, 2.24) is 24.9 Å². The van der Waals surface area contributed by atoms with Crippen molar-refractivity contribution in [2.75, 3.05) is 6.61 Å². The van der Waals surface area contributed by atoms with Crippen molar-refractivity contribution < 1.29 is 4.74 Å². The molecule has 23 heavy (non-hydrogen) atoms. The third-order valence-electron chi connectivity index (χ3n) is 4.42. The summed E-state index contributed by atoms with van der Waals surface area (Å²) in [7, 11) is 0. The molecule has 2 aromatic rings. The molecule has 0 amide bonds. The minimum Gasteiger partial charge on any atom is -0.370 e. The zero-order valence-corrected chi connectivity index (χ0v) is 14.2. The molecule has 1 saturated heterocycles. The SMILES string of the molecule is CC(C)n1nccc1[C@H]1OCC[C@@H]1N[C@H](C)CCn1cccn1. The highest BCUT2D eigenvalue weighted by Gasteiger charge is 2.33. The molecule has 0 aliphatic carbocycles. The summed E-state index contributed by atoms with van der Waals surface area (Å²) >= 11 is 0. The lowest BCUT2D eigenvalue weighted by Crippen LogP contribution is -2.39. The highest BCUT2D eigenvalue weighted by atomic mass is 16.5. The third kappa shape index (κ3) is 3.82. The van der Waals surface area contributed by atoms with Crippen molar-refractivity contribution in [3.63, 3.8) is 0 Å². The first-order valence-electron chi connectivity index (χ1n) is 8.53. The maximum atomic E-state index is 6.01. The summed E-state index contributed by atoms with van der Waals surface area (Å²) in [5.41, 5.74) is 1.18. The second-order valence-electron chi connectivity index (χ2n) is 6.61. The largest absolute Gasteiger partial charge is 0.370 e. The smallest absolute Gasteiger partial charge is 0.114 e. The first kappa shape index (κ1) is 16.2. The van der Waals surface area contributed by atoms with E-state index < -0.39 is 0 Å². The average Bonchev–Trinajstić information content (AvgIpc) is 3.25. The molecule has 3 atom stereocenters. The van der Waals surface area contributed by atoms with Gasteiger partial charge in [0.05, 0.1) is 5.69 Å². The highest BCUT2D eigenvalue weighted by molar-refractivity contribution is 5.10. The van der Waals surface area contributed by atoms with Crippen LogP contribution in [0.1, 0.15) is 51.5 Å². The molecule has 6 nitrogen and oxygen atoms in total. The molecule has 1 aliphatic rings. The molecule has 0 radical (unpaired) electrons. The number of ether oxygens (including phenoxy) is 1. The minimum atomic E-state index is 0.0899. The maximum Gasteiger partial charge on any atom is 0.114 e. The van der Waals surface area contributed by atoms with Gasteiger partial charge < -0.3 is 10.1 Å². The molecule has 0 saturated carbocycles. The van der Waals surface area contributed by atoms with Crippen LogP contribution in [0.3, 0.4) is 0 Å². The Morgan fingerprint density at radius 3 is 2.91 bits per heavy atom. The van der Waals surface area contributed by atoms with E-state index in [0.29, 0.717) is 18.1 Å². The van der Waals surface area contributed by atoms with E-state index in [1.165, 1.54) is 5.69 Å². The van der Waals surface area contributed by atoms with Crippen molar-refractivity contribution >= 4 is 0 Å². The van der Waals surface area contributed by atoms with Gasteiger partial charge in [-0.1, -0.05) is 0 Å². The summed E-state index contributed by atoms with van der Waals surface area (Å²) in [5, 5.41) is 12.4. The van der Waals surface area contributed by atoms with Gasteiger partial charge in [-0.3, -0.25) is 9.36 Å². The second kappa shape index (κ2) is 7.27. The quantitative estimate of drug-likeness (QED) is 0.853. The molecule has 3 heterocycles. The second-order valence-corrected chi connectivity index (χ2v) is 6.61. The molecule has 2 aromatic heterocycles. The van der Waals surface area contributed by atoms with E-state index in [2.05, 4.69) is 47.0 Å². The van der Waals surface area contributed by atoms with Crippen molar-refractivity contribution in [2.45, 2.75) is 64.4 Å². The predicted octanol–water partition coefficient (Wildman–Crippen LogP) is 2.56. The standard InChI is InChI=1S/C17H27N5O/c1-13(2)22-16(5-9-19-22)17-15(7-12-23-17)20-14(3)6-11-21-10-4-8-18-21/h4-5,8-10,13-15,17,20H,6-7,11-12H2,1-3H3/t14-,15+,17+/m1/s1. The summed E-state index contributed by atoms with van der Waals surface area (Å²) in [6, 6.07) is 5.16. The number of nitrogens with zero attached hydrogens (tertiary/aromatic N) is 4. The number of rotatable bonds is 7. The lowest BCUT2D eigenvalue weighted by molar-refractivity contribution is 0.0878. The van der Waals surface area contributed by atoms with Gasteiger partial charge in [-0.25, -0.2) is 0 Å². The Balaban J connectivity index is 1.59. The van der Waals surface area contributed by atoms with E-state index in [-0.39, 0.29) is 6.10 Å². The molecule has 3 rings (SSSR count). The van der Waals surface area contributed by atoms with Crippen LogP contribution in [0.25, 0.3) is 0 Å². The molecule has 1 fully saturated rings. The van der Waals surface area contributed by atoms with Crippen LogP contribution in [0.4, 0.5) is 0 Å². The lowest BCUT2D eigenvalue weighted by atomic mass is 10.1. The highest BCUT2D eigenvalue weighted by Crippen LogP contribution is 2.30. The van der Waals surface area contributed by atoms with Gasteiger partial charge in [-0.05, 0) is 45.7 Å². The van der Waals surface area contributed by atoms with Crippen LogP contribution in [-0.4, -0.2) is 38.3 Å². The first-order chi connectivity index (χ1) is 11.1. The van der Waals surface area contributed by atoms with Gasteiger partial charge in [0.1, 0.15) is 6.10 Å². The summed E-state index contributed by atoms with van der Waals surface area (Å²) in [4.78, 5) is 0. The van der Waals surface area contributed by atoms with Gasteiger partial charge in [-0.15, -0.1) is 0 Å². The van der Waals surface area contributed by atoms with E-state index in [9.17, 15) is 0 Å². The maximum absolute atomic E-state index is 6.01. The van der Waals surface area contributed by atoms with Gasteiger partial charge in [0.15, 0.2) is 0 Å². The molecule has 0 bridgehead atoms. The van der Waals surface area contributed by atoms with Crippen molar-refractivity contribution in [3.8, 4) is 0 Å². The molecular weight excluding hydrogens is 290 g/mol. The van der Waals surface area contributed by atoms with Crippen LogP contribution in [0.15, 0.2) is 30.7 Å². The summed E-state index contributed by atoms with van der Waals surface area (Å²) in [5.74, 6) is 0. The van der Waals surface area contributed by atoms with Crippen LogP contribution in [0.2, 0.25) is 0 Å². The molecule has 1 N–H and O–H groups in total. The summed E-state index contributed by atoms with van der Waals surface area (Å²) < 4.78 is 10.1. The molecule has 1 aliphatic heterocycles. The fourth-order valence-electron chi connectivity index (χ4n) is 3.24. The van der Waals surface area contributed by atoms with Gasteiger partial charge in [0.2, 0.25) is 0 Å². The summed E-state index contributed by atoms with van der Waals surface area (Å²) in [6.45, 7) is 8.28. The summed E-state index contributed by atoms with van der Waals surface area (Å²) in [6.07, 6.45) is 7.89.